The van der Waals surface area contributed by atoms with E-state index >= 15 is 0 Å². The molecule has 0 N–H and O–H groups in total. The van der Waals surface area contributed by atoms with Gasteiger partial charge in [-0.25, -0.2) is 4.79 Å². The van der Waals surface area contributed by atoms with Crippen LogP contribution in [0, 0.1) is 0 Å². The number of unbranched alkanes of at least 4 members (excludes halogenated alkanes) is 18. The highest BCUT2D eigenvalue weighted by Gasteiger charge is 2.16. The lowest BCUT2D eigenvalue weighted by Crippen LogP contribution is -2.25. The van der Waals surface area contributed by atoms with Gasteiger partial charge in [0.05, 0.1) is 13.2 Å². The van der Waals surface area contributed by atoms with Crippen LogP contribution in [0.15, 0.2) is 36.5 Å². The van der Waals surface area contributed by atoms with Crippen LogP contribution in [0.4, 0.5) is 4.79 Å². The van der Waals surface area contributed by atoms with E-state index in [0.29, 0.717) is 19.8 Å². The van der Waals surface area contributed by atoms with Crippen LogP contribution in [0.2, 0.25) is 0 Å². The summed E-state index contributed by atoms with van der Waals surface area (Å²) in [6.07, 6.45) is 43.8. The van der Waals surface area contributed by atoms with Crippen LogP contribution < -0.4 is 0 Å². The Labute approximate surface area is 328 Å². The van der Waals surface area contributed by atoms with Gasteiger partial charge in [0.15, 0.2) is 0 Å². The first-order chi connectivity index (χ1) is 25.9. The van der Waals surface area contributed by atoms with E-state index in [2.05, 4.69) is 55.2 Å². The van der Waals surface area contributed by atoms with E-state index in [0.717, 1.165) is 70.8 Å². The molecule has 0 radical (unpaired) electrons. The van der Waals surface area contributed by atoms with Crippen molar-refractivity contribution in [1.82, 2.24) is 4.90 Å². The lowest BCUT2D eigenvalue weighted by atomic mass is 10.0. The standard InChI is InChI=1S/C46H85NO6/c1-6-8-10-12-13-14-15-16-17-18-19-20-24-27-30-34-40-50-42-45(53-46(49)51-41-35-39-47(4)5)38-33-29-26-23-21-22-25-28-32-37-44(52-43(3)48)36-31-11-9-7-2/h13-14,16-17,28,32,44-45H,6-12,15,18-27,29-31,33-42H2,1-5H3. The van der Waals surface area contributed by atoms with E-state index in [1.54, 1.807) is 0 Å². The molecule has 0 aromatic carbocycles. The van der Waals surface area contributed by atoms with Gasteiger partial charge in [-0.2, -0.15) is 0 Å². The van der Waals surface area contributed by atoms with Crippen molar-refractivity contribution < 1.29 is 28.5 Å². The van der Waals surface area contributed by atoms with Crippen LogP contribution in [-0.2, 0) is 23.7 Å². The van der Waals surface area contributed by atoms with Gasteiger partial charge in [0, 0.05) is 26.5 Å². The number of hydrogen-bond acceptors (Lipinski definition) is 7. The molecule has 0 amide bonds. The second kappa shape index (κ2) is 41.1. The van der Waals surface area contributed by atoms with Gasteiger partial charge in [0.25, 0.3) is 0 Å². The predicted octanol–water partition coefficient (Wildman–Crippen LogP) is 13.3. The number of ether oxygens (including phenoxy) is 4. The molecule has 0 fully saturated rings. The second-order valence-corrected chi connectivity index (χ2v) is 15.1. The van der Waals surface area contributed by atoms with Gasteiger partial charge in [-0.15, -0.1) is 0 Å². The van der Waals surface area contributed by atoms with E-state index in [1.807, 2.05) is 14.1 Å². The summed E-state index contributed by atoms with van der Waals surface area (Å²) in [6.45, 7) is 8.37. The van der Waals surface area contributed by atoms with Crippen LogP contribution >= 0.6 is 0 Å². The molecule has 2 unspecified atom stereocenters. The molecule has 0 saturated heterocycles. The van der Waals surface area contributed by atoms with Gasteiger partial charge in [0.1, 0.15) is 12.2 Å². The minimum absolute atomic E-state index is 0.0132. The molecule has 0 aliphatic rings. The number of esters is 1. The van der Waals surface area contributed by atoms with Gasteiger partial charge in [0.2, 0.25) is 0 Å². The van der Waals surface area contributed by atoms with Crippen molar-refractivity contribution in [3.63, 3.8) is 0 Å². The zero-order valence-electron chi connectivity index (χ0n) is 35.4. The third kappa shape index (κ3) is 40.9. The summed E-state index contributed by atoms with van der Waals surface area (Å²) in [6, 6.07) is 0. The average molecular weight is 748 g/mol. The van der Waals surface area contributed by atoms with Crippen molar-refractivity contribution >= 4 is 12.1 Å². The van der Waals surface area contributed by atoms with Crippen LogP contribution in [0.1, 0.15) is 194 Å². The molecule has 53 heavy (non-hydrogen) atoms. The minimum Gasteiger partial charge on any atom is -0.462 e. The Morgan fingerprint density at radius 2 is 1.06 bits per heavy atom. The second-order valence-electron chi connectivity index (χ2n) is 15.1. The van der Waals surface area contributed by atoms with E-state index in [-0.39, 0.29) is 18.2 Å². The molecule has 7 heteroatoms. The Balaban J connectivity index is 4.17. The third-order valence-corrected chi connectivity index (χ3v) is 9.45. The Bertz CT molecular complexity index is 885. The molecule has 2 atom stereocenters. The highest BCUT2D eigenvalue weighted by Crippen LogP contribution is 2.16. The lowest BCUT2D eigenvalue weighted by Gasteiger charge is -2.18. The molecular weight excluding hydrogens is 663 g/mol. The topological polar surface area (TPSA) is 74.3 Å². The maximum atomic E-state index is 12.4. The van der Waals surface area contributed by atoms with E-state index in [4.69, 9.17) is 18.9 Å². The molecule has 0 bridgehead atoms. The first kappa shape index (κ1) is 50.9. The number of allylic oxidation sites excluding steroid dienone is 5. The fourth-order valence-electron chi connectivity index (χ4n) is 6.26. The summed E-state index contributed by atoms with van der Waals surface area (Å²) < 4.78 is 22.5. The van der Waals surface area contributed by atoms with Gasteiger partial charge in [-0.05, 0) is 97.6 Å². The van der Waals surface area contributed by atoms with Crippen LogP contribution in [0.3, 0.4) is 0 Å². The van der Waals surface area contributed by atoms with E-state index < -0.39 is 6.16 Å². The van der Waals surface area contributed by atoms with Crippen LogP contribution in [-0.4, -0.2) is 69.7 Å². The van der Waals surface area contributed by atoms with Crippen molar-refractivity contribution in [3.05, 3.63) is 36.5 Å². The summed E-state index contributed by atoms with van der Waals surface area (Å²) in [5.74, 6) is -0.178. The quantitative estimate of drug-likeness (QED) is 0.0352. The fourth-order valence-corrected chi connectivity index (χ4v) is 6.26. The zero-order chi connectivity index (χ0) is 38.9. The first-order valence-corrected chi connectivity index (χ1v) is 22.1. The van der Waals surface area contributed by atoms with Crippen molar-refractivity contribution in [2.24, 2.45) is 0 Å². The third-order valence-electron chi connectivity index (χ3n) is 9.45. The first-order valence-electron chi connectivity index (χ1n) is 22.1. The van der Waals surface area contributed by atoms with Crippen molar-refractivity contribution in [2.45, 2.75) is 206 Å². The SMILES string of the molecule is CCCCCC=CCC=CCCCCCCCCOCC(CCCCCCCCC=CCC(CCCCCC)OC(C)=O)OC(=O)OCCCN(C)C. The number of carbonyl (C=O) groups is 2. The molecule has 310 valence electrons. The molecule has 0 rings (SSSR count). The van der Waals surface area contributed by atoms with Gasteiger partial charge in [-0.1, -0.05) is 134 Å². The molecule has 0 spiro atoms. The molecule has 0 aromatic rings. The molecule has 7 nitrogen and oxygen atoms in total. The van der Waals surface area contributed by atoms with E-state index in [9.17, 15) is 9.59 Å². The molecular formula is C46H85NO6. The van der Waals surface area contributed by atoms with Crippen LogP contribution in [0.25, 0.3) is 0 Å². The monoisotopic (exact) mass is 748 g/mol. The summed E-state index contributed by atoms with van der Waals surface area (Å²) >= 11 is 0. The average Bonchev–Trinajstić information content (AvgIpc) is 3.13. The highest BCUT2D eigenvalue weighted by atomic mass is 16.7. The highest BCUT2D eigenvalue weighted by molar-refractivity contribution is 5.66. The molecule has 0 aliphatic carbocycles. The van der Waals surface area contributed by atoms with Crippen molar-refractivity contribution in [1.29, 1.82) is 0 Å². The number of nitrogens with zero attached hydrogens (tertiary/aromatic N) is 1. The normalized spacial score (nSPS) is 13.1. The van der Waals surface area contributed by atoms with E-state index in [1.165, 1.54) is 116 Å². The maximum absolute atomic E-state index is 12.4. The fraction of sp³-hybridized carbons (Fsp3) is 0.826. The molecule has 0 aliphatic heterocycles. The Morgan fingerprint density at radius 1 is 0.547 bits per heavy atom. The minimum atomic E-state index is -0.574. The smallest absolute Gasteiger partial charge is 0.462 e. The molecule has 0 heterocycles. The lowest BCUT2D eigenvalue weighted by molar-refractivity contribution is -0.146. The van der Waals surface area contributed by atoms with Gasteiger partial charge in [-0.3, -0.25) is 4.79 Å². The van der Waals surface area contributed by atoms with Gasteiger partial charge >= 0.3 is 12.1 Å². The number of carbonyl (C=O) groups excluding carboxylic acids is 2. The number of rotatable bonds is 39. The number of hydrogen-bond donors (Lipinski definition) is 0. The predicted molar refractivity (Wildman–Crippen MR) is 225 cm³/mol. The Morgan fingerprint density at radius 3 is 1.66 bits per heavy atom. The zero-order valence-corrected chi connectivity index (χ0v) is 35.4. The van der Waals surface area contributed by atoms with Crippen molar-refractivity contribution in [2.75, 3.05) is 40.5 Å². The van der Waals surface area contributed by atoms with Crippen molar-refractivity contribution in [3.8, 4) is 0 Å². The molecule has 0 saturated carbocycles. The summed E-state index contributed by atoms with van der Waals surface area (Å²) in [4.78, 5) is 25.9. The maximum Gasteiger partial charge on any atom is 0.508 e. The molecule has 0 aromatic heterocycles. The Kier molecular flexibility index (Phi) is 39.4. The van der Waals surface area contributed by atoms with Crippen LogP contribution in [0.5, 0.6) is 0 Å². The summed E-state index contributed by atoms with van der Waals surface area (Å²) in [5, 5.41) is 0. The summed E-state index contributed by atoms with van der Waals surface area (Å²) in [7, 11) is 4.03. The largest absolute Gasteiger partial charge is 0.508 e. The van der Waals surface area contributed by atoms with Gasteiger partial charge < -0.3 is 23.8 Å². The Hall–Kier alpha value is -2.12. The summed E-state index contributed by atoms with van der Waals surface area (Å²) in [5.41, 5.74) is 0.